The number of carbonyl (C=O) groups is 1. The summed E-state index contributed by atoms with van der Waals surface area (Å²) >= 11 is 0. The van der Waals surface area contributed by atoms with Gasteiger partial charge >= 0.3 is 12.1 Å². The van der Waals surface area contributed by atoms with Crippen molar-refractivity contribution in [2.75, 3.05) is 40.3 Å². The van der Waals surface area contributed by atoms with Crippen LogP contribution in [0.25, 0.3) is 0 Å². The molecule has 0 rings (SSSR count). The summed E-state index contributed by atoms with van der Waals surface area (Å²) in [5.74, 6) is -4.13. The van der Waals surface area contributed by atoms with Crippen molar-refractivity contribution < 1.29 is 23.1 Å². The largest absolute Gasteiger partial charge is 0.481 e. The molecule has 0 bridgehead atoms. The summed E-state index contributed by atoms with van der Waals surface area (Å²) in [6.45, 7) is 2.87. The van der Waals surface area contributed by atoms with E-state index in [0.717, 1.165) is 0 Å². The quantitative estimate of drug-likeness (QED) is 0.726. The van der Waals surface area contributed by atoms with Gasteiger partial charge in [-0.25, -0.2) is 0 Å². The Balaban J connectivity index is 4.56. The van der Waals surface area contributed by atoms with Crippen molar-refractivity contribution in [1.29, 1.82) is 0 Å². The summed E-state index contributed by atoms with van der Waals surface area (Å²) in [4.78, 5) is 14.1. The average Bonchev–Trinajstić information content (AvgIpc) is 2.19. The molecule has 0 aromatic heterocycles. The Morgan fingerprint density at radius 3 is 2.11 bits per heavy atom. The Bertz CT molecular complexity index is 257. The third kappa shape index (κ3) is 6.80. The molecule has 0 aromatic rings. The van der Waals surface area contributed by atoms with E-state index < -0.39 is 24.6 Å². The Kier molecular flexibility index (Phi) is 7.23. The van der Waals surface area contributed by atoms with Crippen molar-refractivity contribution in [3.63, 3.8) is 0 Å². The molecule has 0 amide bonds. The Morgan fingerprint density at radius 1 is 1.22 bits per heavy atom. The average molecular weight is 270 g/mol. The van der Waals surface area contributed by atoms with E-state index in [1.165, 1.54) is 0 Å². The second-order valence-electron chi connectivity index (χ2n) is 4.54. The van der Waals surface area contributed by atoms with E-state index >= 15 is 0 Å². The Morgan fingerprint density at radius 2 is 1.78 bits per heavy atom. The molecule has 4 nitrogen and oxygen atoms in total. The third-order valence-electron chi connectivity index (χ3n) is 2.54. The van der Waals surface area contributed by atoms with Crippen LogP contribution in [0, 0.1) is 5.92 Å². The van der Waals surface area contributed by atoms with Gasteiger partial charge < -0.3 is 14.9 Å². The highest BCUT2D eigenvalue weighted by molar-refractivity contribution is 5.71. The van der Waals surface area contributed by atoms with Crippen LogP contribution in [0.4, 0.5) is 13.2 Å². The monoisotopic (exact) mass is 270 g/mol. The molecule has 0 aliphatic carbocycles. The highest BCUT2D eigenvalue weighted by Gasteiger charge is 2.45. The van der Waals surface area contributed by atoms with Gasteiger partial charge in [0.05, 0.1) is 0 Å². The number of nitrogens with zero attached hydrogens (tertiary/aromatic N) is 2. The fourth-order valence-corrected chi connectivity index (χ4v) is 1.53. The van der Waals surface area contributed by atoms with Crippen molar-refractivity contribution in [2.24, 2.45) is 5.92 Å². The molecule has 18 heavy (non-hydrogen) atoms. The summed E-state index contributed by atoms with van der Waals surface area (Å²) in [5.41, 5.74) is 0. The van der Waals surface area contributed by atoms with Gasteiger partial charge in [-0.15, -0.1) is 0 Å². The molecule has 0 saturated carbocycles. The van der Waals surface area contributed by atoms with Crippen molar-refractivity contribution in [3.8, 4) is 0 Å². The predicted molar refractivity (Wildman–Crippen MR) is 62.5 cm³/mol. The maximum atomic E-state index is 12.6. The third-order valence-corrected chi connectivity index (χ3v) is 2.54. The topological polar surface area (TPSA) is 43.8 Å². The summed E-state index contributed by atoms with van der Waals surface area (Å²) in [6.07, 6.45) is -4.01. The Hall–Kier alpha value is -0.820. The molecule has 7 heteroatoms. The molecule has 0 radical (unpaired) electrons. The van der Waals surface area contributed by atoms with Crippen molar-refractivity contribution in [3.05, 3.63) is 0 Å². The van der Waals surface area contributed by atoms with Crippen LogP contribution in [-0.2, 0) is 4.79 Å². The van der Waals surface area contributed by atoms with Crippen LogP contribution in [-0.4, -0.2) is 67.3 Å². The number of alkyl halides is 3. The van der Waals surface area contributed by atoms with Crippen molar-refractivity contribution in [2.45, 2.75) is 19.5 Å². The molecule has 0 heterocycles. The maximum Gasteiger partial charge on any atom is 0.403 e. The van der Waals surface area contributed by atoms with Crippen LogP contribution in [0.2, 0.25) is 0 Å². The lowest BCUT2D eigenvalue weighted by atomic mass is 10.1. The minimum Gasteiger partial charge on any atom is -0.481 e. The van der Waals surface area contributed by atoms with Crippen LogP contribution < -0.4 is 0 Å². The maximum absolute atomic E-state index is 12.6. The number of halogens is 3. The van der Waals surface area contributed by atoms with Gasteiger partial charge in [0.15, 0.2) is 5.92 Å². The number of carboxylic acids is 1. The van der Waals surface area contributed by atoms with E-state index in [4.69, 9.17) is 5.11 Å². The summed E-state index contributed by atoms with van der Waals surface area (Å²) < 4.78 is 37.7. The lowest BCUT2D eigenvalue weighted by Crippen LogP contribution is -2.43. The van der Waals surface area contributed by atoms with Crippen LogP contribution in [0.5, 0.6) is 0 Å². The number of aliphatic carboxylic acids is 1. The van der Waals surface area contributed by atoms with Gasteiger partial charge in [0.25, 0.3) is 0 Å². The van der Waals surface area contributed by atoms with E-state index in [1.807, 2.05) is 25.9 Å². The zero-order valence-electron chi connectivity index (χ0n) is 11.0. The summed E-state index contributed by atoms with van der Waals surface area (Å²) in [7, 11) is 3.64. The normalized spacial score (nSPS) is 14.2. The van der Waals surface area contributed by atoms with Crippen molar-refractivity contribution >= 4 is 5.97 Å². The number of hydrogen-bond acceptors (Lipinski definition) is 3. The van der Waals surface area contributed by atoms with E-state index in [0.29, 0.717) is 26.1 Å². The Labute approximate surface area is 105 Å². The molecular weight excluding hydrogens is 249 g/mol. The minimum absolute atomic E-state index is 0.431. The second-order valence-corrected chi connectivity index (χ2v) is 4.54. The zero-order chi connectivity index (χ0) is 14.3. The fourth-order valence-electron chi connectivity index (χ4n) is 1.53. The van der Waals surface area contributed by atoms with Gasteiger partial charge in [-0.05, 0) is 27.1 Å². The smallest absolute Gasteiger partial charge is 0.403 e. The molecule has 0 aromatic carbocycles. The van der Waals surface area contributed by atoms with E-state index in [1.54, 1.807) is 4.90 Å². The zero-order valence-corrected chi connectivity index (χ0v) is 11.0. The molecule has 1 atom stereocenters. The van der Waals surface area contributed by atoms with Crippen LogP contribution in [0.1, 0.15) is 13.3 Å². The van der Waals surface area contributed by atoms with Gasteiger partial charge in [0.1, 0.15) is 0 Å². The molecule has 1 N–H and O–H groups in total. The van der Waals surface area contributed by atoms with Gasteiger partial charge in [0, 0.05) is 19.6 Å². The molecule has 0 saturated heterocycles. The van der Waals surface area contributed by atoms with Gasteiger partial charge in [-0.1, -0.05) is 6.92 Å². The van der Waals surface area contributed by atoms with Gasteiger partial charge in [0.2, 0.25) is 0 Å². The van der Waals surface area contributed by atoms with E-state index in [-0.39, 0.29) is 0 Å². The molecule has 0 aliphatic rings. The van der Waals surface area contributed by atoms with Crippen LogP contribution in [0.15, 0.2) is 0 Å². The van der Waals surface area contributed by atoms with E-state index in [9.17, 15) is 18.0 Å². The highest BCUT2D eigenvalue weighted by Crippen LogP contribution is 2.27. The molecule has 0 fully saturated rings. The molecular formula is C11H21F3N2O2. The first-order chi connectivity index (χ1) is 8.18. The summed E-state index contributed by atoms with van der Waals surface area (Å²) in [5, 5.41) is 8.65. The number of likely N-dealkylation sites (N-methyl/N-ethyl adjacent to an activating group) is 1. The molecule has 1 unspecified atom stereocenters. The fraction of sp³-hybridized carbons (Fsp3) is 0.909. The van der Waals surface area contributed by atoms with Crippen LogP contribution in [0.3, 0.4) is 0 Å². The van der Waals surface area contributed by atoms with E-state index in [2.05, 4.69) is 0 Å². The van der Waals surface area contributed by atoms with Crippen molar-refractivity contribution in [1.82, 2.24) is 9.80 Å². The number of rotatable bonds is 8. The molecule has 0 spiro atoms. The lowest BCUT2D eigenvalue weighted by molar-refractivity contribution is -0.196. The summed E-state index contributed by atoms with van der Waals surface area (Å²) in [6, 6.07) is 0. The predicted octanol–water partition coefficient (Wildman–Crippen LogP) is 1.52. The first kappa shape index (κ1) is 17.2. The number of carboxylic acid groups (broad SMARTS) is 1. The minimum atomic E-state index is -4.70. The van der Waals surface area contributed by atoms with Gasteiger partial charge in [-0.2, -0.15) is 13.2 Å². The first-order valence-electron chi connectivity index (χ1n) is 5.85. The molecule has 108 valence electrons. The molecule has 0 aliphatic heterocycles. The SMILES string of the molecule is CCCN(CCN(C)C)CC(C(=O)O)C(F)(F)F. The lowest BCUT2D eigenvalue weighted by Gasteiger charge is -2.27. The second kappa shape index (κ2) is 7.58. The highest BCUT2D eigenvalue weighted by atomic mass is 19.4. The number of hydrogen-bond donors (Lipinski definition) is 1. The van der Waals surface area contributed by atoms with Crippen LogP contribution >= 0.6 is 0 Å². The first-order valence-corrected chi connectivity index (χ1v) is 5.85. The standard InChI is InChI=1S/C11H21F3N2O2/c1-4-5-16(7-6-15(2)3)8-9(10(17)18)11(12,13)14/h9H,4-8H2,1-3H3,(H,17,18). The van der Waals surface area contributed by atoms with Gasteiger partial charge in [-0.3, -0.25) is 4.79 Å².